The quantitative estimate of drug-likeness (QED) is 0.707. The molecule has 0 aromatic heterocycles. The van der Waals surface area contributed by atoms with Gasteiger partial charge in [0.1, 0.15) is 28.0 Å². The van der Waals surface area contributed by atoms with Crippen LogP contribution in [0, 0.1) is 17.6 Å². The van der Waals surface area contributed by atoms with Crippen LogP contribution in [0.3, 0.4) is 0 Å². The molecule has 0 spiro atoms. The number of ether oxygens (including phenoxy) is 1. The van der Waals surface area contributed by atoms with Gasteiger partial charge in [0.05, 0.1) is 23.4 Å². The summed E-state index contributed by atoms with van der Waals surface area (Å²) in [5.41, 5.74) is 0.0177. The van der Waals surface area contributed by atoms with Crippen molar-refractivity contribution in [2.45, 2.75) is 25.2 Å². The summed E-state index contributed by atoms with van der Waals surface area (Å²) in [5, 5.41) is -0.107. The Kier molecular flexibility index (Phi) is 6.47. The Labute approximate surface area is 183 Å². The summed E-state index contributed by atoms with van der Waals surface area (Å²) in [6, 6.07) is 7.36. The van der Waals surface area contributed by atoms with E-state index in [0.717, 1.165) is 12.1 Å². The van der Waals surface area contributed by atoms with Crippen molar-refractivity contribution in [2.24, 2.45) is 10.9 Å². The maximum Gasteiger partial charge on any atom is 0.279 e. The Bertz CT molecular complexity index is 1210. The fourth-order valence-electron chi connectivity index (χ4n) is 3.29. The summed E-state index contributed by atoms with van der Waals surface area (Å²) in [7, 11) is -3.01. The second kappa shape index (κ2) is 8.76. The topological polar surface area (TPSA) is 84.8 Å². The van der Waals surface area contributed by atoms with E-state index in [9.17, 15) is 22.0 Å². The minimum atomic E-state index is -4.36. The van der Waals surface area contributed by atoms with E-state index in [4.69, 9.17) is 16.3 Å². The molecule has 31 heavy (non-hydrogen) atoms. The first-order chi connectivity index (χ1) is 14.5. The van der Waals surface area contributed by atoms with Gasteiger partial charge in [-0.15, -0.1) is 0 Å². The summed E-state index contributed by atoms with van der Waals surface area (Å²) in [6.07, 6.45) is 0.273. The van der Waals surface area contributed by atoms with Gasteiger partial charge in [-0.2, -0.15) is 0 Å². The Morgan fingerprint density at radius 1 is 1.23 bits per heavy atom. The lowest BCUT2D eigenvalue weighted by atomic mass is 9.90. The van der Waals surface area contributed by atoms with Crippen molar-refractivity contribution in [3.8, 4) is 5.75 Å². The molecule has 3 rings (SSSR count). The molecule has 2 aromatic carbocycles. The third-order valence-corrected chi connectivity index (χ3v) is 6.62. The zero-order valence-corrected chi connectivity index (χ0v) is 18.4. The number of allylic oxidation sites excluding steroid dienone is 1. The number of hydrogen-bond donors (Lipinski definition) is 1. The zero-order valence-electron chi connectivity index (χ0n) is 16.9. The Morgan fingerprint density at radius 2 is 1.87 bits per heavy atom. The van der Waals surface area contributed by atoms with Gasteiger partial charge in [-0.25, -0.2) is 26.9 Å². The van der Waals surface area contributed by atoms with Crippen LogP contribution in [0.2, 0.25) is 5.02 Å². The SMILES string of the molecule is COc1ccc(Cl)c(S(=O)(=O)NC(=O)C2=NC(c3c(F)cccc3F)=C(C)CC2C)c1. The first kappa shape index (κ1) is 22.9. The van der Waals surface area contributed by atoms with Crippen LogP contribution in [0.5, 0.6) is 5.75 Å². The molecule has 0 saturated heterocycles. The molecule has 0 radical (unpaired) electrons. The number of halogens is 3. The van der Waals surface area contributed by atoms with Crippen molar-refractivity contribution in [1.29, 1.82) is 0 Å². The van der Waals surface area contributed by atoms with Crippen LogP contribution in [0.15, 0.2) is 51.9 Å². The monoisotopic (exact) mass is 468 g/mol. The summed E-state index contributed by atoms with van der Waals surface area (Å²) >= 11 is 5.99. The molecular formula is C21H19ClF2N2O4S. The third kappa shape index (κ3) is 4.62. The summed E-state index contributed by atoms with van der Waals surface area (Å²) in [4.78, 5) is 16.6. The highest BCUT2D eigenvalue weighted by Crippen LogP contribution is 2.33. The Balaban J connectivity index is 1.99. The number of methoxy groups -OCH3 is 1. The lowest BCUT2D eigenvalue weighted by Crippen LogP contribution is -2.39. The molecule has 6 nitrogen and oxygen atoms in total. The van der Waals surface area contributed by atoms with E-state index < -0.39 is 33.5 Å². The first-order valence-electron chi connectivity index (χ1n) is 9.18. The van der Waals surface area contributed by atoms with E-state index in [0.29, 0.717) is 5.57 Å². The molecule has 164 valence electrons. The van der Waals surface area contributed by atoms with Gasteiger partial charge < -0.3 is 4.74 Å². The van der Waals surface area contributed by atoms with Gasteiger partial charge in [0.2, 0.25) is 0 Å². The number of nitrogens with zero attached hydrogens (tertiary/aromatic N) is 1. The predicted molar refractivity (Wildman–Crippen MR) is 114 cm³/mol. The predicted octanol–water partition coefficient (Wildman–Crippen LogP) is 4.34. The lowest BCUT2D eigenvalue weighted by Gasteiger charge is -2.23. The summed E-state index contributed by atoms with van der Waals surface area (Å²) < 4.78 is 61.0. The fraction of sp³-hybridized carbons (Fsp3) is 0.238. The van der Waals surface area contributed by atoms with Crippen molar-refractivity contribution in [2.75, 3.05) is 7.11 Å². The fourth-order valence-corrected chi connectivity index (χ4v) is 4.77. The molecule has 1 atom stereocenters. The van der Waals surface area contributed by atoms with Gasteiger partial charge in [-0.1, -0.05) is 24.6 Å². The number of aliphatic imine (C=N–C) groups is 1. The summed E-state index contributed by atoms with van der Waals surface area (Å²) in [5.74, 6) is -2.91. The van der Waals surface area contributed by atoms with E-state index in [1.54, 1.807) is 13.8 Å². The number of benzene rings is 2. The van der Waals surface area contributed by atoms with Crippen LogP contribution in [0.4, 0.5) is 8.78 Å². The molecule has 1 amide bonds. The van der Waals surface area contributed by atoms with Crippen LogP contribution in [0.25, 0.3) is 5.70 Å². The molecule has 1 N–H and O–H groups in total. The Hall–Kier alpha value is -2.78. The molecule has 2 aromatic rings. The average molecular weight is 469 g/mol. The molecule has 0 bridgehead atoms. The molecule has 1 unspecified atom stereocenters. The van der Waals surface area contributed by atoms with E-state index in [-0.39, 0.29) is 39.1 Å². The van der Waals surface area contributed by atoms with Crippen LogP contribution in [0.1, 0.15) is 25.8 Å². The standard InChI is InChI=1S/C21H19ClF2N2O4S/c1-11-9-12(2)20(25-19(11)18-15(23)5-4-6-16(18)24)21(27)26-31(28,29)17-10-13(30-3)7-8-14(17)22/h4-8,10,12H,9H2,1-3H3,(H,26,27). The van der Waals surface area contributed by atoms with Crippen molar-refractivity contribution >= 4 is 38.9 Å². The lowest BCUT2D eigenvalue weighted by molar-refractivity contribution is -0.113. The maximum atomic E-state index is 14.3. The smallest absolute Gasteiger partial charge is 0.279 e. The zero-order chi connectivity index (χ0) is 22.9. The van der Waals surface area contributed by atoms with Crippen LogP contribution in [-0.4, -0.2) is 27.1 Å². The van der Waals surface area contributed by atoms with Crippen molar-refractivity contribution < 1.29 is 26.7 Å². The van der Waals surface area contributed by atoms with Crippen molar-refractivity contribution in [3.63, 3.8) is 0 Å². The average Bonchev–Trinajstić information content (AvgIpc) is 2.69. The summed E-state index contributed by atoms with van der Waals surface area (Å²) in [6.45, 7) is 3.32. The van der Waals surface area contributed by atoms with Gasteiger partial charge in [0, 0.05) is 12.0 Å². The second-order valence-electron chi connectivity index (χ2n) is 7.06. The Morgan fingerprint density at radius 3 is 2.48 bits per heavy atom. The highest BCUT2D eigenvalue weighted by molar-refractivity contribution is 7.90. The number of rotatable bonds is 5. The van der Waals surface area contributed by atoms with Crippen LogP contribution >= 0.6 is 11.6 Å². The van der Waals surface area contributed by atoms with Crippen molar-refractivity contribution in [1.82, 2.24) is 4.72 Å². The van der Waals surface area contributed by atoms with E-state index in [1.807, 2.05) is 4.72 Å². The minimum absolute atomic E-state index is 0.0318. The highest BCUT2D eigenvalue weighted by Gasteiger charge is 2.31. The van der Waals surface area contributed by atoms with Crippen LogP contribution < -0.4 is 9.46 Å². The van der Waals surface area contributed by atoms with Gasteiger partial charge in [-0.05, 0) is 43.2 Å². The number of nitrogens with one attached hydrogen (secondary N) is 1. The molecule has 10 heteroatoms. The molecule has 1 heterocycles. The minimum Gasteiger partial charge on any atom is -0.497 e. The van der Waals surface area contributed by atoms with E-state index in [2.05, 4.69) is 4.99 Å². The highest BCUT2D eigenvalue weighted by atomic mass is 35.5. The molecular weight excluding hydrogens is 450 g/mol. The van der Waals surface area contributed by atoms with Gasteiger partial charge in [-0.3, -0.25) is 4.79 Å². The number of carbonyl (C=O) groups is 1. The molecule has 1 aliphatic heterocycles. The number of amides is 1. The molecule has 0 saturated carbocycles. The van der Waals surface area contributed by atoms with E-state index >= 15 is 0 Å². The van der Waals surface area contributed by atoms with Gasteiger partial charge >= 0.3 is 0 Å². The molecule has 0 fully saturated rings. The van der Waals surface area contributed by atoms with E-state index in [1.165, 1.54) is 31.4 Å². The number of sulfonamides is 1. The maximum absolute atomic E-state index is 14.3. The largest absolute Gasteiger partial charge is 0.497 e. The normalized spacial score (nSPS) is 16.7. The van der Waals surface area contributed by atoms with Crippen LogP contribution in [-0.2, 0) is 14.8 Å². The molecule has 0 aliphatic carbocycles. The van der Waals surface area contributed by atoms with Gasteiger partial charge in [0.25, 0.3) is 15.9 Å². The van der Waals surface area contributed by atoms with Gasteiger partial charge in [0.15, 0.2) is 0 Å². The first-order valence-corrected chi connectivity index (χ1v) is 11.0. The third-order valence-electron chi connectivity index (χ3n) is 4.80. The number of carbonyl (C=O) groups excluding carboxylic acids is 1. The molecule has 1 aliphatic rings. The number of hydrogen-bond acceptors (Lipinski definition) is 5. The van der Waals surface area contributed by atoms with Crippen molar-refractivity contribution in [3.05, 3.63) is 64.2 Å². The second-order valence-corrected chi connectivity index (χ2v) is 9.12.